The molecule has 0 saturated carbocycles. The molecule has 4 rings (SSSR count). The predicted octanol–water partition coefficient (Wildman–Crippen LogP) is 5.67. The Morgan fingerprint density at radius 3 is 1.84 bits per heavy atom. The van der Waals surface area contributed by atoms with Crippen LogP contribution in [0.3, 0.4) is 0 Å². The molecule has 0 radical (unpaired) electrons. The molecule has 0 heterocycles. The van der Waals surface area contributed by atoms with Gasteiger partial charge in [-0.05, 0) is 53.1 Å². The normalized spacial score (nSPS) is 11.5. The molecule has 0 bridgehead atoms. The molecule has 0 aliphatic carbocycles. The summed E-state index contributed by atoms with van der Waals surface area (Å²) in [6, 6.07) is 31.1. The topological polar surface area (TPSA) is 64.6 Å². The van der Waals surface area contributed by atoms with E-state index < -0.39 is 6.04 Å². The number of hydrogen-bond acceptors (Lipinski definition) is 4. The lowest BCUT2D eigenvalue weighted by molar-refractivity contribution is -0.128. The fourth-order valence-corrected chi connectivity index (χ4v) is 3.75. The fourth-order valence-electron chi connectivity index (χ4n) is 3.75. The van der Waals surface area contributed by atoms with Crippen LogP contribution in [0.4, 0.5) is 4.39 Å². The number of benzene rings is 4. The van der Waals surface area contributed by atoms with Gasteiger partial charge < -0.3 is 14.8 Å². The van der Waals surface area contributed by atoms with Crippen molar-refractivity contribution in [3.05, 3.63) is 132 Å². The van der Waals surface area contributed by atoms with Gasteiger partial charge in [-0.25, -0.2) is 4.39 Å². The number of ketones is 1. The molecule has 0 aliphatic rings. The smallest absolute Gasteiger partial charge is 0.225 e. The van der Waals surface area contributed by atoms with Gasteiger partial charge in [0.2, 0.25) is 5.91 Å². The highest BCUT2D eigenvalue weighted by Crippen LogP contribution is 2.22. The Hall–Kier alpha value is -4.29. The lowest BCUT2D eigenvalue weighted by Crippen LogP contribution is -2.45. The van der Waals surface area contributed by atoms with E-state index in [0.29, 0.717) is 18.1 Å². The van der Waals surface area contributed by atoms with Crippen molar-refractivity contribution in [3.63, 3.8) is 0 Å². The van der Waals surface area contributed by atoms with E-state index >= 15 is 0 Å². The van der Waals surface area contributed by atoms with Crippen molar-refractivity contribution in [2.45, 2.75) is 25.5 Å². The largest absolute Gasteiger partial charge is 0.457 e. The van der Waals surface area contributed by atoms with Crippen molar-refractivity contribution in [3.8, 4) is 11.5 Å². The van der Waals surface area contributed by atoms with Crippen molar-refractivity contribution in [1.82, 2.24) is 5.32 Å². The first-order chi connectivity index (χ1) is 18.0. The molecule has 5 nitrogen and oxygen atoms in total. The first kappa shape index (κ1) is 25.8. The van der Waals surface area contributed by atoms with Crippen LogP contribution in [0.25, 0.3) is 0 Å². The number of halogens is 1. The molecule has 1 atom stereocenters. The van der Waals surface area contributed by atoms with E-state index in [0.717, 1.165) is 16.7 Å². The Morgan fingerprint density at radius 2 is 1.22 bits per heavy atom. The minimum absolute atomic E-state index is 0.0695. The van der Waals surface area contributed by atoms with Gasteiger partial charge in [0, 0.05) is 6.42 Å². The molecule has 0 aliphatic heterocycles. The second-order valence-corrected chi connectivity index (χ2v) is 8.63. The summed E-state index contributed by atoms with van der Waals surface area (Å²) >= 11 is 0. The highest BCUT2D eigenvalue weighted by molar-refractivity contribution is 5.91. The van der Waals surface area contributed by atoms with Crippen molar-refractivity contribution < 1.29 is 23.5 Å². The van der Waals surface area contributed by atoms with Crippen LogP contribution in [-0.4, -0.2) is 24.3 Å². The maximum Gasteiger partial charge on any atom is 0.225 e. The van der Waals surface area contributed by atoms with Crippen LogP contribution in [-0.2, 0) is 33.8 Å². The van der Waals surface area contributed by atoms with Crippen molar-refractivity contribution in [1.29, 1.82) is 0 Å². The molecule has 4 aromatic carbocycles. The average molecular weight is 498 g/mol. The molecule has 6 heteroatoms. The number of Topliss-reactive ketones (excluding diaryl/α,β-unsaturated/α-hetero) is 1. The zero-order valence-electron chi connectivity index (χ0n) is 20.3. The second-order valence-electron chi connectivity index (χ2n) is 8.63. The summed E-state index contributed by atoms with van der Waals surface area (Å²) in [4.78, 5) is 25.9. The van der Waals surface area contributed by atoms with Gasteiger partial charge in [0.1, 0.15) is 23.4 Å². The fraction of sp³-hybridized carbons (Fsp3) is 0.161. The van der Waals surface area contributed by atoms with Crippen molar-refractivity contribution in [2.75, 3.05) is 6.61 Å². The SMILES string of the molecule is O=C(Cc1ccccc1)N[C@@H](COCc1ccccc1)C(=O)Cc1ccc(Oc2ccc(F)cc2)cc1. The number of amides is 1. The highest BCUT2D eigenvalue weighted by Gasteiger charge is 2.21. The van der Waals surface area contributed by atoms with Gasteiger partial charge in [-0.2, -0.15) is 0 Å². The maximum absolute atomic E-state index is 13.2. The van der Waals surface area contributed by atoms with Gasteiger partial charge in [0.25, 0.3) is 0 Å². The number of carbonyl (C=O) groups is 2. The number of nitrogens with one attached hydrogen (secondary N) is 1. The Kier molecular flexibility index (Phi) is 9.16. The average Bonchev–Trinajstić information content (AvgIpc) is 2.91. The Bertz CT molecular complexity index is 1280. The lowest BCUT2D eigenvalue weighted by atomic mass is 10.0. The van der Waals surface area contributed by atoms with E-state index in [-0.39, 0.29) is 37.0 Å². The van der Waals surface area contributed by atoms with E-state index in [9.17, 15) is 14.0 Å². The first-order valence-corrected chi connectivity index (χ1v) is 12.1. The predicted molar refractivity (Wildman–Crippen MR) is 140 cm³/mol. The number of ether oxygens (including phenoxy) is 2. The number of carbonyl (C=O) groups excluding carboxylic acids is 2. The standard InChI is InChI=1S/C31H28FNO4/c32-26-13-17-28(18-14-26)37-27-15-11-24(12-16-27)19-30(34)29(22-36-21-25-9-5-2-6-10-25)33-31(35)20-23-7-3-1-4-8-23/h1-18,29H,19-22H2,(H,33,35)/t29-/m0/s1. The Labute approximate surface area is 215 Å². The molecule has 0 spiro atoms. The number of hydrogen-bond donors (Lipinski definition) is 1. The summed E-state index contributed by atoms with van der Waals surface area (Å²) < 4.78 is 24.6. The summed E-state index contributed by atoms with van der Waals surface area (Å²) in [6.45, 7) is 0.411. The summed E-state index contributed by atoms with van der Waals surface area (Å²) in [5.41, 5.74) is 2.64. The molecule has 37 heavy (non-hydrogen) atoms. The van der Waals surface area contributed by atoms with Crippen LogP contribution in [0.15, 0.2) is 109 Å². The Balaban J connectivity index is 1.37. The monoisotopic (exact) mass is 497 g/mol. The van der Waals surface area contributed by atoms with Gasteiger partial charge in [-0.3, -0.25) is 9.59 Å². The zero-order chi connectivity index (χ0) is 25.9. The minimum atomic E-state index is -0.782. The molecule has 0 fully saturated rings. The van der Waals surface area contributed by atoms with E-state index in [1.807, 2.05) is 60.7 Å². The second kappa shape index (κ2) is 13.1. The van der Waals surface area contributed by atoms with Crippen LogP contribution in [0.1, 0.15) is 16.7 Å². The van der Waals surface area contributed by atoms with Crippen molar-refractivity contribution >= 4 is 11.7 Å². The molecular weight excluding hydrogens is 469 g/mol. The molecule has 0 saturated heterocycles. The van der Waals surface area contributed by atoms with Gasteiger partial charge in [-0.1, -0.05) is 72.8 Å². The van der Waals surface area contributed by atoms with Crippen molar-refractivity contribution in [2.24, 2.45) is 0 Å². The van der Waals surface area contributed by atoms with Gasteiger partial charge in [0.05, 0.1) is 19.6 Å². The van der Waals surface area contributed by atoms with E-state index in [1.165, 1.54) is 12.1 Å². The molecule has 1 N–H and O–H groups in total. The highest BCUT2D eigenvalue weighted by atomic mass is 19.1. The number of rotatable bonds is 12. The molecule has 1 amide bonds. The summed E-state index contributed by atoms with van der Waals surface area (Å²) in [5.74, 6) is 0.362. The summed E-state index contributed by atoms with van der Waals surface area (Å²) in [5, 5.41) is 2.85. The van der Waals surface area contributed by atoms with Crippen LogP contribution >= 0.6 is 0 Å². The quantitative estimate of drug-likeness (QED) is 0.274. The third-order valence-corrected chi connectivity index (χ3v) is 5.68. The third-order valence-electron chi connectivity index (χ3n) is 5.68. The summed E-state index contributed by atoms with van der Waals surface area (Å²) in [6.07, 6.45) is 0.306. The van der Waals surface area contributed by atoms with Crippen LogP contribution in [0.2, 0.25) is 0 Å². The van der Waals surface area contributed by atoms with Gasteiger partial charge >= 0.3 is 0 Å². The minimum Gasteiger partial charge on any atom is -0.457 e. The van der Waals surface area contributed by atoms with E-state index in [1.54, 1.807) is 36.4 Å². The van der Waals surface area contributed by atoms with Gasteiger partial charge in [0.15, 0.2) is 5.78 Å². The lowest BCUT2D eigenvalue weighted by Gasteiger charge is -2.18. The molecule has 4 aromatic rings. The zero-order valence-corrected chi connectivity index (χ0v) is 20.3. The van der Waals surface area contributed by atoms with E-state index in [2.05, 4.69) is 5.32 Å². The Morgan fingerprint density at radius 1 is 0.676 bits per heavy atom. The molecule has 0 unspecified atom stereocenters. The van der Waals surface area contributed by atoms with Crippen LogP contribution in [0, 0.1) is 5.82 Å². The maximum atomic E-state index is 13.2. The summed E-state index contributed by atoms with van der Waals surface area (Å²) in [7, 11) is 0. The molecular formula is C31H28FNO4. The van der Waals surface area contributed by atoms with Crippen LogP contribution in [0.5, 0.6) is 11.5 Å². The van der Waals surface area contributed by atoms with Crippen LogP contribution < -0.4 is 10.1 Å². The van der Waals surface area contributed by atoms with Gasteiger partial charge in [-0.15, -0.1) is 0 Å². The first-order valence-electron chi connectivity index (χ1n) is 12.1. The third kappa shape index (κ3) is 8.40. The molecule has 188 valence electrons. The molecule has 0 aromatic heterocycles. The van der Waals surface area contributed by atoms with E-state index in [4.69, 9.17) is 9.47 Å².